The van der Waals surface area contributed by atoms with Crippen molar-refractivity contribution in [3.8, 4) is 0 Å². The van der Waals surface area contributed by atoms with Crippen LogP contribution in [0.5, 0.6) is 0 Å². The molecule has 0 fully saturated rings. The fourth-order valence-corrected chi connectivity index (χ4v) is 8.86. The molecule has 6 aromatic carbocycles. The molecule has 232 valence electrons. The minimum absolute atomic E-state index is 0.152. The molecule has 2 aliphatic heterocycles. The minimum atomic E-state index is -3.71. The zero-order chi connectivity index (χ0) is 32.6. The van der Waals surface area contributed by atoms with E-state index in [1.54, 1.807) is 30.3 Å². The SMILES string of the molecule is CC1(C)c2ccccc2N(c2ccc3c(c2)C(C)(C)c2cc(S(=O)(=O)c4ccccc4)ccc2N3c2ccccc2)c2ccccc21. The number of anilines is 6. The van der Waals surface area contributed by atoms with Crippen molar-refractivity contribution in [1.29, 1.82) is 0 Å². The molecule has 8 rings (SSSR count). The van der Waals surface area contributed by atoms with Crippen molar-refractivity contribution in [2.75, 3.05) is 9.80 Å². The highest BCUT2D eigenvalue weighted by atomic mass is 32.2. The van der Waals surface area contributed by atoms with Crippen LogP contribution < -0.4 is 9.80 Å². The summed E-state index contributed by atoms with van der Waals surface area (Å²) >= 11 is 0. The molecule has 0 saturated carbocycles. The van der Waals surface area contributed by atoms with Crippen LogP contribution in [-0.2, 0) is 20.7 Å². The Morgan fingerprint density at radius 2 is 0.851 bits per heavy atom. The van der Waals surface area contributed by atoms with Gasteiger partial charge in [-0.3, -0.25) is 0 Å². The van der Waals surface area contributed by atoms with E-state index in [4.69, 9.17) is 0 Å². The molecule has 47 heavy (non-hydrogen) atoms. The van der Waals surface area contributed by atoms with Gasteiger partial charge in [-0.15, -0.1) is 0 Å². The van der Waals surface area contributed by atoms with Gasteiger partial charge in [0.25, 0.3) is 0 Å². The lowest BCUT2D eigenvalue weighted by atomic mass is 9.72. The van der Waals surface area contributed by atoms with Gasteiger partial charge in [0.15, 0.2) is 0 Å². The maximum Gasteiger partial charge on any atom is 0.206 e. The third kappa shape index (κ3) is 4.37. The molecule has 0 unspecified atom stereocenters. The molecule has 2 aliphatic rings. The Hall–Kier alpha value is -5.13. The molecule has 5 heteroatoms. The summed E-state index contributed by atoms with van der Waals surface area (Å²) in [6.45, 7) is 9.01. The van der Waals surface area contributed by atoms with Crippen LogP contribution in [0.4, 0.5) is 34.1 Å². The van der Waals surface area contributed by atoms with Crippen LogP contribution in [0, 0.1) is 0 Å². The normalized spacial score (nSPS) is 15.7. The molecule has 6 aromatic rings. The second-order valence-corrected chi connectivity index (χ2v) is 15.4. The highest BCUT2D eigenvalue weighted by Gasteiger charge is 2.40. The van der Waals surface area contributed by atoms with Crippen LogP contribution in [0.3, 0.4) is 0 Å². The lowest BCUT2D eigenvalue weighted by molar-refractivity contribution is 0.594. The number of sulfone groups is 1. The Morgan fingerprint density at radius 1 is 0.404 bits per heavy atom. The van der Waals surface area contributed by atoms with E-state index in [9.17, 15) is 8.42 Å². The van der Waals surface area contributed by atoms with E-state index in [-0.39, 0.29) is 5.41 Å². The maximum atomic E-state index is 13.9. The molecule has 0 atom stereocenters. The van der Waals surface area contributed by atoms with Gasteiger partial charge in [0.05, 0.1) is 32.5 Å². The Morgan fingerprint density at radius 3 is 1.47 bits per heavy atom. The van der Waals surface area contributed by atoms with Gasteiger partial charge in [0.2, 0.25) is 9.84 Å². The third-order valence-corrected chi connectivity index (χ3v) is 11.8. The average Bonchev–Trinajstić information content (AvgIpc) is 3.09. The van der Waals surface area contributed by atoms with Gasteiger partial charge < -0.3 is 9.80 Å². The number of fused-ring (bicyclic) bond motifs is 4. The van der Waals surface area contributed by atoms with Gasteiger partial charge in [-0.25, -0.2) is 8.42 Å². The van der Waals surface area contributed by atoms with Crippen molar-refractivity contribution in [3.63, 3.8) is 0 Å². The first kappa shape index (κ1) is 29.3. The molecular formula is C42H36N2O2S. The van der Waals surface area contributed by atoms with Gasteiger partial charge >= 0.3 is 0 Å². The van der Waals surface area contributed by atoms with Gasteiger partial charge in [-0.2, -0.15) is 0 Å². The van der Waals surface area contributed by atoms with Gasteiger partial charge in [-0.1, -0.05) is 100 Å². The molecule has 0 radical (unpaired) electrons. The van der Waals surface area contributed by atoms with Crippen molar-refractivity contribution in [3.05, 3.63) is 168 Å². The fraction of sp³-hybridized carbons (Fsp3) is 0.143. The number of hydrogen-bond donors (Lipinski definition) is 0. The maximum absolute atomic E-state index is 13.9. The van der Waals surface area contributed by atoms with E-state index in [2.05, 4.69) is 116 Å². The highest BCUT2D eigenvalue weighted by molar-refractivity contribution is 7.91. The summed E-state index contributed by atoms with van der Waals surface area (Å²) in [4.78, 5) is 5.23. The summed E-state index contributed by atoms with van der Waals surface area (Å²) in [6.07, 6.45) is 0. The Bertz CT molecular complexity index is 2230. The summed E-state index contributed by atoms with van der Waals surface area (Å²) in [5.41, 5.74) is 10.5. The quantitative estimate of drug-likeness (QED) is 0.194. The predicted molar refractivity (Wildman–Crippen MR) is 192 cm³/mol. The highest BCUT2D eigenvalue weighted by Crippen LogP contribution is 2.56. The first-order chi connectivity index (χ1) is 22.6. The molecule has 0 amide bonds. The summed E-state index contributed by atoms with van der Waals surface area (Å²) in [6, 6.07) is 48.7. The number of hydrogen-bond acceptors (Lipinski definition) is 4. The van der Waals surface area contributed by atoms with Crippen molar-refractivity contribution in [2.45, 2.75) is 48.3 Å². The Labute approximate surface area is 277 Å². The van der Waals surface area contributed by atoms with Gasteiger partial charge in [0.1, 0.15) is 0 Å². The topological polar surface area (TPSA) is 40.6 Å². The van der Waals surface area contributed by atoms with Crippen LogP contribution in [0.15, 0.2) is 155 Å². The fourth-order valence-electron chi connectivity index (χ4n) is 7.55. The molecule has 4 nitrogen and oxygen atoms in total. The first-order valence-electron chi connectivity index (χ1n) is 16.0. The lowest BCUT2D eigenvalue weighted by Crippen LogP contribution is -2.32. The van der Waals surface area contributed by atoms with E-state index in [0.29, 0.717) is 9.79 Å². The number of para-hydroxylation sites is 3. The van der Waals surface area contributed by atoms with E-state index in [1.807, 2.05) is 36.4 Å². The van der Waals surface area contributed by atoms with Crippen molar-refractivity contribution in [1.82, 2.24) is 0 Å². The van der Waals surface area contributed by atoms with E-state index >= 15 is 0 Å². The third-order valence-electron chi connectivity index (χ3n) is 10.0. The Kier molecular flexibility index (Phi) is 6.51. The molecule has 0 N–H and O–H groups in total. The first-order valence-corrected chi connectivity index (χ1v) is 17.5. The average molecular weight is 633 g/mol. The van der Waals surface area contributed by atoms with E-state index in [1.165, 1.54) is 22.5 Å². The van der Waals surface area contributed by atoms with Crippen molar-refractivity contribution in [2.24, 2.45) is 0 Å². The molecule has 0 saturated heterocycles. The van der Waals surface area contributed by atoms with Crippen molar-refractivity contribution < 1.29 is 8.42 Å². The number of benzene rings is 6. The number of nitrogens with zero attached hydrogens (tertiary/aromatic N) is 2. The summed E-state index contributed by atoms with van der Waals surface area (Å²) < 4.78 is 27.7. The zero-order valence-electron chi connectivity index (χ0n) is 27.0. The predicted octanol–water partition coefficient (Wildman–Crippen LogP) is 10.7. The van der Waals surface area contributed by atoms with Crippen LogP contribution in [-0.4, -0.2) is 8.42 Å². The van der Waals surface area contributed by atoms with E-state index < -0.39 is 15.3 Å². The molecule has 0 spiro atoms. The van der Waals surface area contributed by atoms with Crippen LogP contribution in [0.25, 0.3) is 0 Å². The number of rotatable bonds is 4. The molecule has 0 bridgehead atoms. The largest absolute Gasteiger partial charge is 0.310 e. The molecule has 2 heterocycles. The zero-order valence-corrected chi connectivity index (χ0v) is 27.8. The van der Waals surface area contributed by atoms with E-state index in [0.717, 1.165) is 33.9 Å². The van der Waals surface area contributed by atoms with Crippen LogP contribution in [0.2, 0.25) is 0 Å². The molecule has 0 aliphatic carbocycles. The van der Waals surface area contributed by atoms with Crippen LogP contribution >= 0.6 is 0 Å². The van der Waals surface area contributed by atoms with Crippen LogP contribution in [0.1, 0.15) is 49.9 Å². The lowest BCUT2D eigenvalue weighted by Gasteiger charge is -2.44. The van der Waals surface area contributed by atoms with Crippen molar-refractivity contribution >= 4 is 44.0 Å². The minimum Gasteiger partial charge on any atom is -0.310 e. The summed E-state index contributed by atoms with van der Waals surface area (Å²) in [5, 5.41) is 0. The smallest absolute Gasteiger partial charge is 0.206 e. The second-order valence-electron chi connectivity index (χ2n) is 13.5. The van der Waals surface area contributed by atoms with Gasteiger partial charge in [-0.05, 0) is 95.1 Å². The second kappa shape index (κ2) is 10.4. The molecular weight excluding hydrogens is 597 g/mol. The molecule has 0 aromatic heterocycles. The Balaban J connectivity index is 1.35. The standard InChI is InChI=1S/C42H36N2O2S/c1-41(2)33-19-11-13-21-37(33)44(38-22-14-12-20-34(38)41)30-23-25-39-35(27-30)42(3,4)36-28-32(47(45,46)31-17-9-6-10-18-31)24-26-40(36)43(39)29-15-7-5-8-16-29/h5-28H,1-4H3. The summed E-state index contributed by atoms with van der Waals surface area (Å²) in [5.74, 6) is 0. The monoisotopic (exact) mass is 632 g/mol. The summed E-state index contributed by atoms with van der Waals surface area (Å²) in [7, 11) is -3.71. The van der Waals surface area contributed by atoms with Gasteiger partial charge in [0, 0.05) is 22.2 Å².